The fraction of sp³-hybridized carbons (Fsp3) is 0.462. The highest BCUT2D eigenvalue weighted by Gasteiger charge is 2.10. The van der Waals surface area contributed by atoms with Crippen LogP contribution in [0.1, 0.15) is 5.56 Å². The Morgan fingerprint density at radius 3 is 2.65 bits per heavy atom. The number of carbonyl (C=O) groups is 1. The maximum atomic E-state index is 13.0. The van der Waals surface area contributed by atoms with Gasteiger partial charge in [0.05, 0.1) is 13.2 Å². The van der Waals surface area contributed by atoms with E-state index in [1.807, 2.05) is 0 Å². The Kier molecular flexibility index (Phi) is 9.03. The summed E-state index contributed by atoms with van der Waals surface area (Å²) in [5.41, 5.74) is 0.548. The van der Waals surface area contributed by atoms with Crippen molar-refractivity contribution in [1.82, 2.24) is 10.2 Å². The molecule has 0 atom stereocenters. The molecule has 0 aliphatic carbocycles. The summed E-state index contributed by atoms with van der Waals surface area (Å²) in [4.78, 5) is 13.2. The third-order valence-electron chi connectivity index (χ3n) is 2.59. The second-order valence-corrected chi connectivity index (χ2v) is 4.17. The van der Waals surface area contributed by atoms with Crippen molar-refractivity contribution in [2.75, 3.05) is 33.9 Å². The largest absolute Gasteiger partial charge is 0.383 e. The van der Waals surface area contributed by atoms with E-state index in [9.17, 15) is 13.6 Å². The summed E-state index contributed by atoms with van der Waals surface area (Å²) in [7, 11) is 3.19. The second kappa shape index (κ2) is 9.63. The van der Waals surface area contributed by atoms with Crippen molar-refractivity contribution in [3.63, 3.8) is 0 Å². The van der Waals surface area contributed by atoms with Gasteiger partial charge in [0, 0.05) is 27.2 Å². The number of amides is 1. The molecule has 0 bridgehead atoms. The van der Waals surface area contributed by atoms with Gasteiger partial charge in [0.1, 0.15) is 0 Å². The Morgan fingerprint density at radius 1 is 1.35 bits per heavy atom. The molecule has 7 heteroatoms. The average molecular weight is 309 g/mol. The highest BCUT2D eigenvalue weighted by Crippen LogP contribution is 2.10. The van der Waals surface area contributed by atoms with E-state index in [0.29, 0.717) is 18.7 Å². The Morgan fingerprint density at radius 2 is 2.05 bits per heavy atom. The minimum absolute atomic E-state index is 0. The number of benzene rings is 1. The van der Waals surface area contributed by atoms with Crippen molar-refractivity contribution in [2.24, 2.45) is 0 Å². The molecule has 20 heavy (non-hydrogen) atoms. The van der Waals surface area contributed by atoms with Gasteiger partial charge in [-0.25, -0.2) is 8.78 Å². The van der Waals surface area contributed by atoms with Crippen LogP contribution in [0.25, 0.3) is 0 Å². The van der Waals surface area contributed by atoms with Crippen molar-refractivity contribution < 1.29 is 18.3 Å². The molecule has 1 rings (SSSR count). The Bertz CT molecular complexity index is 433. The molecule has 0 fully saturated rings. The Balaban J connectivity index is 0.00000361. The minimum atomic E-state index is -0.906. The third-order valence-corrected chi connectivity index (χ3v) is 2.59. The molecule has 1 aromatic rings. The first-order chi connectivity index (χ1) is 9.04. The van der Waals surface area contributed by atoms with Crippen LogP contribution in [-0.4, -0.2) is 44.7 Å². The Hall–Kier alpha value is -1.24. The molecular weight excluding hydrogens is 290 g/mol. The van der Waals surface area contributed by atoms with E-state index in [0.717, 1.165) is 12.1 Å². The molecule has 0 saturated carbocycles. The van der Waals surface area contributed by atoms with Gasteiger partial charge in [-0.3, -0.25) is 4.79 Å². The number of likely N-dealkylation sites (N-methyl/N-ethyl adjacent to an activating group) is 1. The van der Waals surface area contributed by atoms with E-state index in [1.165, 1.54) is 11.0 Å². The molecule has 1 aromatic carbocycles. The second-order valence-electron chi connectivity index (χ2n) is 4.17. The first-order valence-electron chi connectivity index (χ1n) is 5.92. The number of hydrogen-bond donors (Lipinski definition) is 1. The van der Waals surface area contributed by atoms with Crippen LogP contribution in [0.5, 0.6) is 0 Å². The molecule has 0 saturated heterocycles. The molecule has 4 nitrogen and oxygen atoms in total. The maximum absolute atomic E-state index is 13.0. The van der Waals surface area contributed by atoms with Crippen LogP contribution < -0.4 is 5.32 Å². The highest BCUT2D eigenvalue weighted by molar-refractivity contribution is 5.85. The quantitative estimate of drug-likeness (QED) is 0.778. The predicted molar refractivity (Wildman–Crippen MR) is 74.8 cm³/mol. The third kappa shape index (κ3) is 6.27. The first-order valence-corrected chi connectivity index (χ1v) is 5.92. The molecule has 0 aliphatic heterocycles. The van der Waals surface area contributed by atoms with Crippen LogP contribution in [0.3, 0.4) is 0 Å². The molecule has 0 aliphatic rings. The number of carbonyl (C=O) groups excluding carboxylic acids is 1. The van der Waals surface area contributed by atoms with Gasteiger partial charge in [-0.2, -0.15) is 0 Å². The van der Waals surface area contributed by atoms with Crippen LogP contribution in [0.4, 0.5) is 8.78 Å². The highest BCUT2D eigenvalue weighted by atomic mass is 35.5. The molecule has 114 valence electrons. The van der Waals surface area contributed by atoms with Crippen LogP contribution in [0, 0.1) is 11.6 Å². The summed E-state index contributed by atoms with van der Waals surface area (Å²) in [6.07, 6.45) is 0. The Labute approximate surface area is 123 Å². The topological polar surface area (TPSA) is 41.6 Å². The number of methoxy groups -OCH3 is 1. The molecule has 1 amide bonds. The summed E-state index contributed by atoms with van der Waals surface area (Å²) >= 11 is 0. The lowest BCUT2D eigenvalue weighted by molar-refractivity contribution is -0.129. The van der Waals surface area contributed by atoms with Gasteiger partial charge in [-0.1, -0.05) is 6.07 Å². The fourth-order valence-corrected chi connectivity index (χ4v) is 1.50. The van der Waals surface area contributed by atoms with Crippen molar-refractivity contribution in [1.29, 1.82) is 0 Å². The molecule has 0 aromatic heterocycles. The van der Waals surface area contributed by atoms with Crippen LogP contribution in [0.15, 0.2) is 18.2 Å². The van der Waals surface area contributed by atoms with Gasteiger partial charge < -0.3 is 15.0 Å². The molecular formula is C13H19ClF2N2O2. The van der Waals surface area contributed by atoms with Gasteiger partial charge >= 0.3 is 0 Å². The summed E-state index contributed by atoms with van der Waals surface area (Å²) in [5.74, 6) is -1.92. The lowest BCUT2D eigenvalue weighted by Crippen LogP contribution is -2.36. The summed E-state index contributed by atoms with van der Waals surface area (Å²) < 4.78 is 30.6. The molecule has 0 radical (unpaired) electrons. The number of nitrogens with zero attached hydrogens (tertiary/aromatic N) is 1. The van der Waals surface area contributed by atoms with Crippen molar-refractivity contribution in [2.45, 2.75) is 6.54 Å². The number of ether oxygens (including phenoxy) is 1. The SMILES string of the molecule is COCCNCC(=O)N(C)Cc1ccc(F)c(F)c1.Cl. The fourth-order valence-electron chi connectivity index (χ4n) is 1.50. The number of halogens is 3. The van der Waals surface area contributed by atoms with Crippen LogP contribution in [0.2, 0.25) is 0 Å². The average Bonchev–Trinajstić information content (AvgIpc) is 2.38. The van der Waals surface area contributed by atoms with Crippen molar-refractivity contribution >= 4 is 18.3 Å². The van der Waals surface area contributed by atoms with Crippen LogP contribution in [-0.2, 0) is 16.1 Å². The summed E-state index contributed by atoms with van der Waals surface area (Å²) in [6.45, 7) is 1.53. The predicted octanol–water partition coefficient (Wildman–Crippen LogP) is 1.58. The van der Waals surface area contributed by atoms with Gasteiger partial charge in [0.15, 0.2) is 11.6 Å². The summed E-state index contributed by atoms with van der Waals surface area (Å²) in [6, 6.07) is 3.61. The van der Waals surface area contributed by atoms with Crippen molar-refractivity contribution in [3.8, 4) is 0 Å². The van der Waals surface area contributed by atoms with Gasteiger partial charge in [-0.05, 0) is 17.7 Å². The van der Waals surface area contributed by atoms with E-state index in [-0.39, 0.29) is 31.4 Å². The van der Waals surface area contributed by atoms with E-state index in [2.05, 4.69) is 5.32 Å². The zero-order valence-corrected chi connectivity index (χ0v) is 12.3. The molecule has 1 N–H and O–H groups in total. The number of hydrogen-bond acceptors (Lipinski definition) is 3. The maximum Gasteiger partial charge on any atom is 0.236 e. The van der Waals surface area contributed by atoms with E-state index in [4.69, 9.17) is 4.74 Å². The van der Waals surface area contributed by atoms with Gasteiger partial charge in [-0.15, -0.1) is 12.4 Å². The number of rotatable bonds is 7. The summed E-state index contributed by atoms with van der Waals surface area (Å²) in [5, 5.41) is 2.92. The lowest BCUT2D eigenvalue weighted by Gasteiger charge is -2.17. The molecule has 0 unspecified atom stereocenters. The standard InChI is InChI=1S/C13H18F2N2O2.ClH/c1-17(13(18)8-16-5-6-19-2)9-10-3-4-11(14)12(15)7-10;/h3-4,7,16H,5-6,8-9H2,1-2H3;1H. The van der Waals surface area contributed by atoms with E-state index < -0.39 is 11.6 Å². The van der Waals surface area contributed by atoms with E-state index >= 15 is 0 Å². The van der Waals surface area contributed by atoms with Crippen molar-refractivity contribution in [3.05, 3.63) is 35.4 Å². The minimum Gasteiger partial charge on any atom is -0.383 e. The van der Waals surface area contributed by atoms with Crippen LogP contribution >= 0.6 is 12.4 Å². The lowest BCUT2D eigenvalue weighted by atomic mass is 10.2. The zero-order chi connectivity index (χ0) is 14.3. The smallest absolute Gasteiger partial charge is 0.236 e. The first kappa shape index (κ1) is 18.8. The zero-order valence-electron chi connectivity index (χ0n) is 11.5. The molecule has 0 spiro atoms. The van der Waals surface area contributed by atoms with E-state index in [1.54, 1.807) is 14.2 Å². The van der Waals surface area contributed by atoms with Gasteiger partial charge in [0.25, 0.3) is 0 Å². The normalized spacial score (nSPS) is 10.0. The number of nitrogens with one attached hydrogen (secondary N) is 1. The molecule has 0 heterocycles. The monoisotopic (exact) mass is 308 g/mol. The van der Waals surface area contributed by atoms with Gasteiger partial charge in [0.2, 0.25) is 5.91 Å².